The van der Waals surface area contributed by atoms with Gasteiger partial charge in [-0.25, -0.2) is 4.79 Å². The number of ether oxygens (including phenoxy) is 3. The molecule has 3 aliphatic rings. The molecule has 0 saturated carbocycles. The first kappa shape index (κ1) is 45.5. The second kappa shape index (κ2) is 19.8. The number of aliphatic carboxylic acids is 1. The lowest BCUT2D eigenvalue weighted by Crippen LogP contribution is -2.57. The predicted molar refractivity (Wildman–Crippen MR) is 238 cm³/mol. The molecule has 1 saturated heterocycles. The van der Waals surface area contributed by atoms with Gasteiger partial charge in [0.2, 0.25) is 11.8 Å². The number of amides is 2. The van der Waals surface area contributed by atoms with Crippen LogP contribution in [0.1, 0.15) is 51.6 Å². The van der Waals surface area contributed by atoms with Crippen LogP contribution in [0.15, 0.2) is 91.1 Å². The van der Waals surface area contributed by atoms with E-state index in [1.165, 1.54) is 0 Å². The van der Waals surface area contributed by atoms with E-state index in [-0.39, 0.29) is 68.7 Å². The number of fused-ring (bicyclic) bond motifs is 2. The van der Waals surface area contributed by atoms with Gasteiger partial charge in [-0.05, 0) is 114 Å². The Morgan fingerprint density at radius 2 is 1.67 bits per heavy atom. The number of carboxylic acids is 1. The summed E-state index contributed by atoms with van der Waals surface area (Å²) < 4.78 is 18.7. The number of benzene rings is 4. The van der Waals surface area contributed by atoms with Gasteiger partial charge in [-0.2, -0.15) is 0 Å². The molecule has 15 heteroatoms. The van der Waals surface area contributed by atoms with Crippen LogP contribution >= 0.6 is 48.0 Å². The monoisotopic (exact) mass is 906 g/mol. The van der Waals surface area contributed by atoms with Gasteiger partial charge in [0, 0.05) is 37.8 Å². The first-order valence-electron chi connectivity index (χ1n) is 19.7. The van der Waals surface area contributed by atoms with Crippen LogP contribution in [0.5, 0.6) is 17.2 Å². The number of hydrogen-bond donors (Lipinski definition) is 3. The third-order valence-corrected chi connectivity index (χ3v) is 12.2. The van der Waals surface area contributed by atoms with Crippen molar-refractivity contribution in [3.05, 3.63) is 140 Å². The lowest BCUT2D eigenvalue weighted by atomic mass is 9.90. The molecular weight excluding hydrogens is 862 g/mol. The van der Waals surface area contributed by atoms with Gasteiger partial charge in [-0.15, -0.1) is 24.8 Å². The summed E-state index contributed by atoms with van der Waals surface area (Å²) in [4.78, 5) is 46.7. The number of pyridine rings is 1. The number of nitrogens with one attached hydrogen (secondary N) is 2. The third-order valence-electron chi connectivity index (χ3n) is 11.5. The Hall–Kier alpha value is -5.04. The topological polar surface area (TPSA) is 139 Å². The van der Waals surface area contributed by atoms with E-state index in [0.717, 1.165) is 50.2 Å². The molecule has 0 radical (unpaired) electrons. The van der Waals surface area contributed by atoms with Gasteiger partial charge in [0.25, 0.3) is 0 Å². The minimum absolute atomic E-state index is 0. The number of carbonyl (C=O) groups excluding carboxylic acids is 2. The molecule has 3 N–H and O–H groups in total. The highest BCUT2D eigenvalue weighted by atomic mass is 35.5. The maximum atomic E-state index is 14.1. The number of aromatic nitrogens is 1. The van der Waals surface area contributed by atoms with Gasteiger partial charge in [0.1, 0.15) is 31.0 Å². The molecule has 11 nitrogen and oxygen atoms in total. The van der Waals surface area contributed by atoms with Gasteiger partial charge in [-0.3, -0.25) is 14.6 Å². The first-order valence-corrected chi connectivity index (χ1v) is 20.4. The molecule has 1 fully saturated rings. The molecule has 4 heterocycles. The van der Waals surface area contributed by atoms with Crippen molar-refractivity contribution in [1.29, 1.82) is 0 Å². The number of nitrogens with zero attached hydrogens (tertiary/aromatic N) is 2. The number of carbonyl (C=O) groups is 3. The number of aryl methyl sites for hydroxylation is 1. The molecule has 1 aromatic heterocycles. The summed E-state index contributed by atoms with van der Waals surface area (Å²) in [6, 6.07) is 24.3. The molecule has 320 valence electrons. The second-order valence-corrected chi connectivity index (χ2v) is 16.2. The average molecular weight is 909 g/mol. The number of hydrogen-bond acceptors (Lipinski definition) is 8. The van der Waals surface area contributed by atoms with Crippen molar-refractivity contribution in [2.24, 2.45) is 5.92 Å². The number of rotatable bonds is 11. The lowest BCUT2D eigenvalue weighted by Gasteiger charge is -2.38. The van der Waals surface area contributed by atoms with E-state index in [1.807, 2.05) is 86.6 Å². The van der Waals surface area contributed by atoms with Crippen molar-refractivity contribution in [2.45, 2.75) is 64.4 Å². The molecule has 0 aliphatic carbocycles. The van der Waals surface area contributed by atoms with Crippen LogP contribution < -0.4 is 24.8 Å². The third kappa shape index (κ3) is 10.2. The maximum Gasteiger partial charge on any atom is 0.326 e. The number of carboxylic acid groups (broad SMARTS) is 1. The van der Waals surface area contributed by atoms with Gasteiger partial charge in [0.05, 0.1) is 16.0 Å². The quantitative estimate of drug-likeness (QED) is 0.120. The molecular formula is C46H46Cl4N4O7. The van der Waals surface area contributed by atoms with Gasteiger partial charge >= 0.3 is 5.97 Å². The first-order chi connectivity index (χ1) is 28.5. The van der Waals surface area contributed by atoms with Crippen LogP contribution in [0.3, 0.4) is 0 Å². The van der Waals surface area contributed by atoms with E-state index in [1.54, 1.807) is 23.2 Å². The molecule has 2 amide bonds. The van der Waals surface area contributed by atoms with Gasteiger partial charge < -0.3 is 34.9 Å². The fourth-order valence-electron chi connectivity index (χ4n) is 7.93. The summed E-state index contributed by atoms with van der Waals surface area (Å²) in [5, 5.41) is 17.3. The Kier molecular flexibility index (Phi) is 14.7. The fraction of sp³-hybridized carbons (Fsp3) is 0.304. The van der Waals surface area contributed by atoms with E-state index >= 15 is 0 Å². The van der Waals surface area contributed by atoms with E-state index in [4.69, 9.17) is 37.4 Å². The highest BCUT2D eigenvalue weighted by Crippen LogP contribution is 2.41. The molecule has 61 heavy (non-hydrogen) atoms. The van der Waals surface area contributed by atoms with Gasteiger partial charge in [0.15, 0.2) is 17.6 Å². The molecule has 5 aromatic rings. The van der Waals surface area contributed by atoms with Crippen LogP contribution in [0.25, 0.3) is 11.1 Å². The summed E-state index contributed by atoms with van der Waals surface area (Å²) in [5.41, 5.74) is 8.31. The Balaban J connectivity index is 0.00000311. The minimum Gasteiger partial charge on any atom is -0.489 e. The highest BCUT2D eigenvalue weighted by Gasteiger charge is 2.40. The van der Waals surface area contributed by atoms with Crippen molar-refractivity contribution in [1.82, 2.24) is 20.5 Å². The zero-order valence-corrected chi connectivity index (χ0v) is 36.6. The van der Waals surface area contributed by atoms with E-state index in [2.05, 4.69) is 15.6 Å². The molecule has 4 aromatic carbocycles. The Morgan fingerprint density at radius 1 is 0.934 bits per heavy atom. The van der Waals surface area contributed by atoms with Crippen molar-refractivity contribution in [2.75, 3.05) is 19.7 Å². The smallest absolute Gasteiger partial charge is 0.326 e. The van der Waals surface area contributed by atoms with Gasteiger partial charge in [-0.1, -0.05) is 65.7 Å². The van der Waals surface area contributed by atoms with E-state index in [9.17, 15) is 19.5 Å². The lowest BCUT2D eigenvalue weighted by molar-refractivity contribution is -0.147. The van der Waals surface area contributed by atoms with Crippen LogP contribution in [-0.4, -0.2) is 64.6 Å². The predicted octanol–water partition coefficient (Wildman–Crippen LogP) is 8.28. The average Bonchev–Trinajstić information content (AvgIpc) is 3.79. The van der Waals surface area contributed by atoms with Crippen molar-refractivity contribution >= 4 is 65.8 Å². The zero-order chi connectivity index (χ0) is 41.2. The van der Waals surface area contributed by atoms with Crippen molar-refractivity contribution < 1.29 is 33.7 Å². The Morgan fingerprint density at radius 3 is 2.38 bits per heavy atom. The molecule has 0 spiro atoms. The molecule has 8 rings (SSSR count). The van der Waals surface area contributed by atoms with Crippen molar-refractivity contribution in [3.8, 4) is 28.4 Å². The summed E-state index contributed by atoms with van der Waals surface area (Å²) in [6.07, 6.45) is 2.32. The Labute approximate surface area is 376 Å². The highest BCUT2D eigenvalue weighted by molar-refractivity contribution is 6.42. The minimum atomic E-state index is -1.20. The standard InChI is InChI=1S/C46H44Cl2N4O7.2ClH/c1-26-27(2)50-16-14-36(26)30-6-3-28(4-7-30)18-39(46(55)56)51-44(53)40-19-33-20-41-42(21-34(33)23-52(40)45(54)32-13-15-49-22-32)59-43(25-58-41)31-8-10-35(11-9-31)57-24-29-5-12-37(47)38(48)17-29;;/h3-12,14,16-17,20-21,32,39-40,43,49H,13,15,18-19,22-25H2,1-2H3,(H,51,53)(H,55,56);2*1H/t32-,39+,40+,43-;;/m1../s1. The molecule has 4 atom stereocenters. The molecule has 3 aliphatic heterocycles. The fourth-order valence-corrected chi connectivity index (χ4v) is 8.25. The summed E-state index contributed by atoms with van der Waals surface area (Å²) in [6.45, 7) is 5.98. The summed E-state index contributed by atoms with van der Waals surface area (Å²) >= 11 is 12.2. The van der Waals surface area contributed by atoms with Crippen LogP contribution in [0.4, 0.5) is 0 Å². The second-order valence-electron chi connectivity index (χ2n) is 15.3. The Bertz CT molecular complexity index is 2390. The van der Waals surface area contributed by atoms with E-state index < -0.39 is 24.0 Å². The van der Waals surface area contributed by atoms with Crippen LogP contribution in [-0.2, 0) is 40.4 Å². The van der Waals surface area contributed by atoms with E-state index in [0.29, 0.717) is 53.4 Å². The maximum absolute atomic E-state index is 14.1. The van der Waals surface area contributed by atoms with Crippen LogP contribution in [0.2, 0.25) is 10.0 Å². The SMILES string of the molecule is Cc1nccc(-c2ccc(C[C@H](NC(=O)[C@@H]3Cc4cc5c(cc4CN3C(=O)[C@@H]3CCNC3)O[C@@H](c3ccc(OCc4ccc(Cl)c(Cl)c4)cc3)CO5)C(=O)O)cc2)c1C.Cl.Cl. The summed E-state index contributed by atoms with van der Waals surface area (Å²) in [7, 11) is 0. The van der Waals surface area contributed by atoms with Crippen molar-refractivity contribution in [3.63, 3.8) is 0 Å². The largest absolute Gasteiger partial charge is 0.489 e. The summed E-state index contributed by atoms with van der Waals surface area (Å²) in [5.74, 6) is -0.321. The number of halogens is 4. The molecule has 0 bridgehead atoms. The molecule has 0 unspecified atom stereocenters. The van der Waals surface area contributed by atoms with Crippen LogP contribution in [0, 0.1) is 19.8 Å². The normalized spacial score (nSPS) is 18.2. The zero-order valence-electron chi connectivity index (χ0n) is 33.5.